The van der Waals surface area contributed by atoms with Gasteiger partial charge >= 0.3 is 0 Å². The van der Waals surface area contributed by atoms with E-state index in [1.54, 1.807) is 25.4 Å². The Bertz CT molecular complexity index is 1110. The van der Waals surface area contributed by atoms with Gasteiger partial charge in [0.25, 0.3) is 0 Å². The van der Waals surface area contributed by atoms with Gasteiger partial charge in [0.2, 0.25) is 15.9 Å². The summed E-state index contributed by atoms with van der Waals surface area (Å²) in [5.74, 6) is 1.06. The molecule has 0 unspecified atom stereocenters. The third kappa shape index (κ3) is 7.49. The van der Waals surface area contributed by atoms with Crippen molar-refractivity contribution in [2.24, 2.45) is 4.99 Å². The van der Waals surface area contributed by atoms with Crippen LogP contribution in [0.4, 0.5) is 0 Å². The zero-order chi connectivity index (χ0) is 21.4. The fourth-order valence-corrected chi connectivity index (χ4v) is 3.91. The minimum absolute atomic E-state index is 0. The predicted molar refractivity (Wildman–Crippen MR) is 132 cm³/mol. The average Bonchev–Trinajstić information content (AvgIpc) is 3.23. The lowest BCUT2D eigenvalue weighted by Crippen LogP contribution is -2.41. The van der Waals surface area contributed by atoms with Crippen molar-refractivity contribution in [2.75, 3.05) is 20.1 Å². The third-order valence-corrected chi connectivity index (χ3v) is 5.74. The molecule has 3 N–H and O–H groups in total. The zero-order valence-corrected chi connectivity index (χ0v) is 20.6. The molecular formula is C20H23ClIN5O3S. The van der Waals surface area contributed by atoms with Crippen LogP contribution in [0.3, 0.4) is 0 Å². The van der Waals surface area contributed by atoms with Crippen LogP contribution in [-0.2, 0) is 16.6 Å². The van der Waals surface area contributed by atoms with Gasteiger partial charge in [0.1, 0.15) is 6.26 Å². The maximum absolute atomic E-state index is 12.3. The van der Waals surface area contributed by atoms with Crippen LogP contribution in [0.25, 0.3) is 11.5 Å². The number of halogens is 2. The first-order chi connectivity index (χ1) is 14.5. The number of oxazole rings is 1. The van der Waals surface area contributed by atoms with Crippen molar-refractivity contribution in [3.63, 3.8) is 0 Å². The number of aromatic nitrogens is 1. The lowest BCUT2D eigenvalue weighted by molar-refractivity contribution is 0.571. The summed E-state index contributed by atoms with van der Waals surface area (Å²) in [7, 11) is -1.99. The summed E-state index contributed by atoms with van der Waals surface area (Å²) in [6, 6.07) is 15.7. The monoisotopic (exact) mass is 575 g/mol. The zero-order valence-electron chi connectivity index (χ0n) is 16.7. The van der Waals surface area contributed by atoms with Crippen molar-refractivity contribution in [1.82, 2.24) is 20.3 Å². The molecule has 0 aliphatic rings. The standard InChI is InChI=1S/C20H22ClN5O3S.HI/c1-22-20(23-10-11-25-30(27,28)18-9-5-8-16(21)12-18)24-13-17-14-29-19(26-17)15-6-3-2-4-7-15;/h2-9,12,14,25H,10-11,13H2,1H3,(H2,22,23,24);1H. The van der Waals surface area contributed by atoms with E-state index in [2.05, 4.69) is 25.3 Å². The SMILES string of the molecule is CN=C(NCCNS(=O)(=O)c1cccc(Cl)c1)NCc1coc(-c2ccccc2)n1.I. The molecule has 0 radical (unpaired) electrons. The van der Waals surface area contributed by atoms with Gasteiger partial charge in [0.15, 0.2) is 5.96 Å². The molecular weight excluding hydrogens is 553 g/mol. The second kappa shape index (κ2) is 12.0. The Labute approximate surface area is 203 Å². The maximum Gasteiger partial charge on any atom is 0.240 e. The van der Waals surface area contributed by atoms with Gasteiger partial charge in [-0.2, -0.15) is 0 Å². The highest BCUT2D eigenvalue weighted by Gasteiger charge is 2.13. The first-order valence-corrected chi connectivity index (χ1v) is 11.0. The minimum Gasteiger partial charge on any atom is -0.444 e. The van der Waals surface area contributed by atoms with E-state index in [1.165, 1.54) is 12.1 Å². The van der Waals surface area contributed by atoms with Gasteiger partial charge in [0, 0.05) is 30.7 Å². The normalized spacial score (nSPS) is 11.6. The van der Waals surface area contributed by atoms with Gasteiger partial charge < -0.3 is 15.1 Å². The first kappa shape index (κ1) is 25.1. The lowest BCUT2D eigenvalue weighted by Gasteiger charge is -2.11. The molecule has 0 saturated carbocycles. The summed E-state index contributed by atoms with van der Waals surface area (Å²) in [5, 5.41) is 6.51. The van der Waals surface area contributed by atoms with Gasteiger partial charge in [-0.3, -0.25) is 4.99 Å². The van der Waals surface area contributed by atoms with Crippen molar-refractivity contribution in [1.29, 1.82) is 0 Å². The minimum atomic E-state index is -3.62. The predicted octanol–water partition coefficient (Wildman–Crippen LogP) is 3.26. The highest BCUT2D eigenvalue weighted by Crippen LogP contribution is 2.17. The molecule has 3 rings (SSSR count). The van der Waals surface area contributed by atoms with Gasteiger partial charge in [-0.1, -0.05) is 35.9 Å². The molecule has 0 aliphatic heterocycles. The number of hydrogen-bond donors (Lipinski definition) is 3. The molecule has 0 amide bonds. The lowest BCUT2D eigenvalue weighted by atomic mass is 10.2. The van der Waals surface area contributed by atoms with Crippen molar-refractivity contribution in [3.8, 4) is 11.5 Å². The van der Waals surface area contributed by atoms with Crippen molar-refractivity contribution in [2.45, 2.75) is 11.4 Å². The quantitative estimate of drug-likeness (QED) is 0.165. The topological polar surface area (TPSA) is 109 Å². The average molecular weight is 576 g/mol. The van der Waals surface area contributed by atoms with Crippen LogP contribution in [0.15, 0.2) is 75.2 Å². The van der Waals surface area contributed by atoms with Crippen molar-refractivity contribution in [3.05, 3.63) is 71.6 Å². The Morgan fingerprint density at radius 2 is 1.87 bits per heavy atom. The molecule has 1 aromatic heterocycles. The molecule has 0 saturated heterocycles. The van der Waals surface area contributed by atoms with Gasteiger partial charge in [0.05, 0.1) is 17.1 Å². The molecule has 0 spiro atoms. The summed E-state index contributed by atoms with van der Waals surface area (Å²) in [6.07, 6.45) is 1.59. The Balaban J connectivity index is 0.00000341. The number of nitrogens with zero attached hydrogens (tertiary/aromatic N) is 2. The summed E-state index contributed by atoms with van der Waals surface area (Å²) in [5.41, 5.74) is 1.62. The molecule has 3 aromatic rings. The molecule has 0 aliphatic carbocycles. The van der Waals surface area contributed by atoms with Crippen LogP contribution in [0.5, 0.6) is 0 Å². The van der Waals surface area contributed by atoms with E-state index in [0.717, 1.165) is 11.3 Å². The summed E-state index contributed by atoms with van der Waals surface area (Å²) in [6.45, 7) is 0.926. The van der Waals surface area contributed by atoms with E-state index in [1.807, 2.05) is 30.3 Å². The van der Waals surface area contributed by atoms with E-state index >= 15 is 0 Å². The molecule has 1 heterocycles. The number of aliphatic imine (C=N–C) groups is 1. The number of hydrogen-bond acceptors (Lipinski definition) is 5. The van der Waals surface area contributed by atoms with Crippen molar-refractivity contribution < 1.29 is 12.8 Å². The molecule has 31 heavy (non-hydrogen) atoms. The molecule has 0 fully saturated rings. The summed E-state index contributed by atoms with van der Waals surface area (Å²) < 4.78 is 32.6. The largest absolute Gasteiger partial charge is 0.444 e. The molecule has 2 aromatic carbocycles. The van der Waals surface area contributed by atoms with Gasteiger partial charge in [-0.05, 0) is 30.3 Å². The van der Waals surface area contributed by atoms with Crippen LogP contribution in [0.1, 0.15) is 5.69 Å². The Kier molecular flexibility index (Phi) is 9.75. The molecule has 0 bridgehead atoms. The molecule has 0 atom stereocenters. The maximum atomic E-state index is 12.3. The summed E-state index contributed by atoms with van der Waals surface area (Å²) in [4.78, 5) is 8.68. The Morgan fingerprint density at radius 1 is 1.10 bits per heavy atom. The summed E-state index contributed by atoms with van der Waals surface area (Å²) >= 11 is 5.85. The van der Waals surface area contributed by atoms with Crippen LogP contribution in [-0.4, -0.2) is 39.5 Å². The molecule has 8 nitrogen and oxygen atoms in total. The van der Waals surface area contributed by atoms with Crippen LogP contribution < -0.4 is 15.4 Å². The van der Waals surface area contributed by atoms with E-state index in [9.17, 15) is 8.42 Å². The first-order valence-electron chi connectivity index (χ1n) is 9.17. The van der Waals surface area contributed by atoms with Gasteiger partial charge in [-0.15, -0.1) is 24.0 Å². The number of guanidine groups is 1. The van der Waals surface area contributed by atoms with Gasteiger partial charge in [-0.25, -0.2) is 18.1 Å². The highest BCUT2D eigenvalue weighted by atomic mass is 127. The fourth-order valence-electron chi connectivity index (χ4n) is 2.58. The molecule has 166 valence electrons. The van der Waals surface area contributed by atoms with Crippen LogP contribution >= 0.6 is 35.6 Å². The van der Waals surface area contributed by atoms with E-state index in [4.69, 9.17) is 16.0 Å². The van der Waals surface area contributed by atoms with Crippen LogP contribution in [0, 0.1) is 0 Å². The number of benzene rings is 2. The van der Waals surface area contributed by atoms with E-state index in [0.29, 0.717) is 30.0 Å². The number of rotatable bonds is 8. The Hall–Kier alpha value is -2.15. The second-order valence-electron chi connectivity index (χ2n) is 6.22. The molecule has 11 heteroatoms. The third-order valence-electron chi connectivity index (χ3n) is 4.05. The highest BCUT2D eigenvalue weighted by molar-refractivity contribution is 14.0. The Morgan fingerprint density at radius 3 is 2.58 bits per heavy atom. The van der Waals surface area contributed by atoms with E-state index < -0.39 is 10.0 Å². The van der Waals surface area contributed by atoms with Crippen molar-refractivity contribution >= 4 is 51.6 Å². The fraction of sp³-hybridized carbons (Fsp3) is 0.200. The second-order valence-corrected chi connectivity index (χ2v) is 8.42. The number of nitrogens with one attached hydrogen (secondary N) is 3. The van der Waals surface area contributed by atoms with Crippen LogP contribution in [0.2, 0.25) is 5.02 Å². The van der Waals surface area contributed by atoms with E-state index in [-0.39, 0.29) is 35.4 Å². The number of sulfonamides is 1. The smallest absolute Gasteiger partial charge is 0.240 e.